The maximum absolute atomic E-state index is 11.6. The third kappa shape index (κ3) is 2.08. The Morgan fingerprint density at radius 3 is 3.00 bits per heavy atom. The molecule has 0 N–H and O–H groups in total. The summed E-state index contributed by atoms with van der Waals surface area (Å²) in [6, 6.07) is 7.43. The van der Waals surface area contributed by atoms with Crippen LogP contribution in [0.3, 0.4) is 0 Å². The molecule has 19 heavy (non-hydrogen) atoms. The zero-order valence-corrected chi connectivity index (χ0v) is 11.7. The summed E-state index contributed by atoms with van der Waals surface area (Å²) >= 11 is 3.40. The minimum atomic E-state index is -0.432. The molecule has 0 saturated heterocycles. The van der Waals surface area contributed by atoms with Crippen LogP contribution in [0.4, 0.5) is 0 Å². The van der Waals surface area contributed by atoms with Crippen molar-refractivity contribution in [2.75, 3.05) is 6.61 Å². The summed E-state index contributed by atoms with van der Waals surface area (Å²) in [7, 11) is 0. The quantitative estimate of drug-likeness (QED) is 0.681. The van der Waals surface area contributed by atoms with Crippen LogP contribution >= 0.6 is 15.9 Å². The van der Waals surface area contributed by atoms with Gasteiger partial charge in [0.15, 0.2) is 5.69 Å². The molecular weight excluding hydrogens is 310 g/mol. The third-order valence-electron chi connectivity index (χ3n) is 2.72. The van der Waals surface area contributed by atoms with Gasteiger partial charge in [-0.1, -0.05) is 15.9 Å². The number of carbonyl (C=O) groups is 1. The van der Waals surface area contributed by atoms with Gasteiger partial charge in [-0.2, -0.15) is 0 Å². The van der Waals surface area contributed by atoms with Crippen molar-refractivity contribution in [3.8, 4) is 0 Å². The van der Waals surface area contributed by atoms with Crippen LogP contribution in [0.25, 0.3) is 16.8 Å². The number of hydrogen-bond donors (Lipinski definition) is 0. The van der Waals surface area contributed by atoms with Gasteiger partial charge in [0, 0.05) is 10.7 Å². The highest BCUT2D eigenvalue weighted by atomic mass is 79.9. The van der Waals surface area contributed by atoms with Crippen molar-refractivity contribution in [1.29, 1.82) is 0 Å². The van der Waals surface area contributed by atoms with E-state index in [0.717, 1.165) is 15.5 Å². The summed E-state index contributed by atoms with van der Waals surface area (Å²) < 4.78 is 7.71. The lowest BCUT2D eigenvalue weighted by molar-refractivity contribution is 0.0519. The zero-order valence-electron chi connectivity index (χ0n) is 10.1. The fourth-order valence-corrected chi connectivity index (χ4v) is 2.24. The number of imidazole rings is 1. The molecule has 0 radical (unpaired) electrons. The standard InChI is InChI=1S/C13H10BrN3O2/c1-2-19-12(18)9-5-6-17-11-4-3-8(14)7-10(11)16-13(17)15-9/h3-7H,2H2,1H3. The topological polar surface area (TPSA) is 56.5 Å². The summed E-state index contributed by atoms with van der Waals surface area (Å²) in [5, 5.41) is 0. The van der Waals surface area contributed by atoms with Gasteiger partial charge in [0.2, 0.25) is 5.78 Å². The summed E-state index contributed by atoms with van der Waals surface area (Å²) in [6.07, 6.45) is 1.78. The minimum Gasteiger partial charge on any atom is -0.461 e. The lowest BCUT2D eigenvalue weighted by atomic mass is 10.3. The Labute approximate surface area is 117 Å². The Balaban J connectivity index is 2.18. The first kappa shape index (κ1) is 12.1. The number of benzene rings is 1. The molecule has 0 spiro atoms. The van der Waals surface area contributed by atoms with Gasteiger partial charge in [0.1, 0.15) is 0 Å². The first-order valence-corrected chi connectivity index (χ1v) is 6.60. The predicted molar refractivity (Wildman–Crippen MR) is 74.1 cm³/mol. The molecule has 0 atom stereocenters. The van der Waals surface area contributed by atoms with Crippen LogP contribution in [0.2, 0.25) is 0 Å². The van der Waals surface area contributed by atoms with Crippen molar-refractivity contribution in [2.45, 2.75) is 6.92 Å². The van der Waals surface area contributed by atoms with E-state index in [-0.39, 0.29) is 5.69 Å². The van der Waals surface area contributed by atoms with E-state index in [0.29, 0.717) is 12.4 Å². The molecule has 0 fully saturated rings. The number of carbonyl (C=O) groups excluding carboxylic acids is 1. The van der Waals surface area contributed by atoms with Gasteiger partial charge in [0.05, 0.1) is 17.6 Å². The molecule has 0 bridgehead atoms. The first-order chi connectivity index (χ1) is 9.19. The SMILES string of the molecule is CCOC(=O)c1ccn2c(n1)nc1cc(Br)ccc12. The van der Waals surface area contributed by atoms with Gasteiger partial charge in [0.25, 0.3) is 0 Å². The van der Waals surface area contributed by atoms with Crippen molar-refractivity contribution < 1.29 is 9.53 Å². The Bertz CT molecular complexity index is 782. The van der Waals surface area contributed by atoms with E-state index < -0.39 is 5.97 Å². The van der Waals surface area contributed by atoms with E-state index in [1.165, 1.54) is 0 Å². The average Bonchev–Trinajstić information content (AvgIpc) is 2.75. The van der Waals surface area contributed by atoms with Crippen LogP contribution in [0.1, 0.15) is 17.4 Å². The molecule has 3 rings (SSSR count). The molecule has 0 aliphatic rings. The van der Waals surface area contributed by atoms with E-state index in [2.05, 4.69) is 25.9 Å². The van der Waals surface area contributed by atoms with Crippen LogP contribution in [0.5, 0.6) is 0 Å². The second kappa shape index (κ2) is 4.62. The normalized spacial score (nSPS) is 11.1. The number of aromatic nitrogens is 3. The molecule has 2 aromatic heterocycles. The number of hydrogen-bond acceptors (Lipinski definition) is 4. The lowest BCUT2D eigenvalue weighted by Gasteiger charge is -2.01. The number of fused-ring (bicyclic) bond motifs is 3. The zero-order chi connectivity index (χ0) is 13.4. The van der Waals surface area contributed by atoms with E-state index in [4.69, 9.17) is 4.74 Å². The van der Waals surface area contributed by atoms with Gasteiger partial charge < -0.3 is 4.74 Å². The van der Waals surface area contributed by atoms with Crippen molar-refractivity contribution in [3.05, 3.63) is 40.6 Å². The Kier molecular flexibility index (Phi) is 2.94. The van der Waals surface area contributed by atoms with Crippen LogP contribution < -0.4 is 0 Å². The Morgan fingerprint density at radius 2 is 2.21 bits per heavy atom. The molecule has 3 aromatic rings. The van der Waals surface area contributed by atoms with Crippen molar-refractivity contribution >= 4 is 38.7 Å². The number of nitrogens with zero attached hydrogens (tertiary/aromatic N) is 3. The number of rotatable bonds is 2. The Morgan fingerprint density at radius 1 is 1.37 bits per heavy atom. The van der Waals surface area contributed by atoms with Gasteiger partial charge in [-0.15, -0.1) is 0 Å². The highest BCUT2D eigenvalue weighted by Gasteiger charge is 2.12. The molecule has 5 nitrogen and oxygen atoms in total. The van der Waals surface area contributed by atoms with Gasteiger partial charge in [-0.05, 0) is 31.2 Å². The van der Waals surface area contributed by atoms with Crippen molar-refractivity contribution in [2.24, 2.45) is 0 Å². The summed E-state index contributed by atoms with van der Waals surface area (Å²) in [6.45, 7) is 2.09. The molecule has 2 heterocycles. The molecule has 1 aromatic carbocycles. The number of ether oxygens (including phenoxy) is 1. The molecule has 0 aliphatic heterocycles. The minimum absolute atomic E-state index is 0.267. The summed E-state index contributed by atoms with van der Waals surface area (Å²) in [5.74, 6) is 0.0527. The molecule has 6 heteroatoms. The summed E-state index contributed by atoms with van der Waals surface area (Å²) in [4.78, 5) is 20.2. The molecule has 0 amide bonds. The fourth-order valence-electron chi connectivity index (χ4n) is 1.89. The van der Waals surface area contributed by atoms with Crippen molar-refractivity contribution in [3.63, 3.8) is 0 Å². The van der Waals surface area contributed by atoms with E-state index >= 15 is 0 Å². The molecule has 96 valence electrons. The summed E-state index contributed by atoms with van der Waals surface area (Å²) in [5.41, 5.74) is 2.03. The van der Waals surface area contributed by atoms with Crippen LogP contribution in [-0.4, -0.2) is 26.9 Å². The number of halogens is 1. The average molecular weight is 320 g/mol. The van der Waals surface area contributed by atoms with Gasteiger partial charge in [-0.3, -0.25) is 4.40 Å². The molecule has 0 aliphatic carbocycles. The predicted octanol–water partition coefficient (Wildman–Crippen LogP) is 2.82. The second-order valence-corrected chi connectivity index (χ2v) is 4.86. The highest BCUT2D eigenvalue weighted by molar-refractivity contribution is 9.10. The third-order valence-corrected chi connectivity index (χ3v) is 3.21. The van der Waals surface area contributed by atoms with E-state index in [1.807, 2.05) is 22.6 Å². The maximum Gasteiger partial charge on any atom is 0.357 e. The van der Waals surface area contributed by atoms with Gasteiger partial charge in [-0.25, -0.2) is 14.8 Å². The fraction of sp³-hybridized carbons (Fsp3) is 0.154. The smallest absolute Gasteiger partial charge is 0.357 e. The first-order valence-electron chi connectivity index (χ1n) is 5.80. The molecule has 0 unspecified atom stereocenters. The molecule has 0 saturated carbocycles. The highest BCUT2D eigenvalue weighted by Crippen LogP contribution is 2.20. The van der Waals surface area contributed by atoms with Crippen LogP contribution in [0, 0.1) is 0 Å². The Hall–Kier alpha value is -1.95. The second-order valence-electron chi connectivity index (χ2n) is 3.95. The van der Waals surface area contributed by atoms with Crippen LogP contribution in [-0.2, 0) is 4.74 Å². The largest absolute Gasteiger partial charge is 0.461 e. The van der Waals surface area contributed by atoms with E-state index in [1.54, 1.807) is 19.2 Å². The lowest BCUT2D eigenvalue weighted by Crippen LogP contribution is -2.08. The monoisotopic (exact) mass is 319 g/mol. The molecular formula is C13H10BrN3O2. The van der Waals surface area contributed by atoms with E-state index in [9.17, 15) is 4.79 Å². The number of esters is 1. The maximum atomic E-state index is 11.6. The van der Waals surface area contributed by atoms with Crippen molar-refractivity contribution in [1.82, 2.24) is 14.4 Å². The van der Waals surface area contributed by atoms with Gasteiger partial charge >= 0.3 is 5.97 Å². The van der Waals surface area contributed by atoms with Crippen LogP contribution in [0.15, 0.2) is 34.9 Å².